The molecule has 2 amide bonds. The number of likely N-dealkylation sites (tertiary alicyclic amines) is 1. The summed E-state index contributed by atoms with van der Waals surface area (Å²) in [6.45, 7) is 6.63. The fraction of sp³-hybridized carbons (Fsp3) is 0.207. The summed E-state index contributed by atoms with van der Waals surface area (Å²) in [5.74, 6) is -1.80. The molecule has 3 aliphatic rings. The Balaban J connectivity index is 0.000000483. The first-order valence-electron chi connectivity index (χ1n) is 11.9. The van der Waals surface area contributed by atoms with E-state index in [4.69, 9.17) is 15.4 Å². The molecular formula is C29H27ClN2O5S. The van der Waals surface area contributed by atoms with Crippen molar-refractivity contribution in [1.82, 2.24) is 10.2 Å². The van der Waals surface area contributed by atoms with Gasteiger partial charge >= 0.3 is 5.97 Å². The van der Waals surface area contributed by atoms with Crippen molar-refractivity contribution in [1.29, 1.82) is 0 Å². The molecular weight excluding hydrogens is 524 g/mol. The summed E-state index contributed by atoms with van der Waals surface area (Å²) in [4.78, 5) is 38.6. The molecule has 38 heavy (non-hydrogen) atoms. The first-order chi connectivity index (χ1) is 18.2. The van der Waals surface area contributed by atoms with Gasteiger partial charge in [0.1, 0.15) is 0 Å². The third-order valence-electron chi connectivity index (χ3n) is 6.15. The highest BCUT2D eigenvalue weighted by atomic mass is 35.7. The Hall–Kier alpha value is -3.59. The highest BCUT2D eigenvalue weighted by Crippen LogP contribution is 2.35. The number of β-lactam (4-membered cyclic amide) rings is 1. The van der Waals surface area contributed by atoms with Crippen LogP contribution in [-0.2, 0) is 29.5 Å². The molecule has 9 heteroatoms. The molecule has 1 heterocycles. The number of rotatable bonds is 8. The van der Waals surface area contributed by atoms with E-state index in [2.05, 4.69) is 36.2 Å². The molecule has 1 fully saturated rings. The van der Waals surface area contributed by atoms with E-state index in [-0.39, 0.29) is 0 Å². The van der Waals surface area contributed by atoms with Gasteiger partial charge in [0.25, 0.3) is 5.91 Å². The molecule has 2 aliphatic carbocycles. The van der Waals surface area contributed by atoms with E-state index >= 15 is 0 Å². The molecule has 0 radical (unpaired) electrons. The maximum Gasteiger partial charge on any atom is 0.334 e. The number of fused-ring (bicyclic) bond motifs is 1. The minimum atomic E-state index is -2.05. The van der Waals surface area contributed by atoms with Crippen molar-refractivity contribution in [3.05, 3.63) is 108 Å². The zero-order chi connectivity index (χ0) is 27.4. The van der Waals surface area contributed by atoms with Crippen LogP contribution in [0, 0.1) is 0 Å². The van der Waals surface area contributed by atoms with Crippen LogP contribution in [0.5, 0.6) is 0 Å². The van der Waals surface area contributed by atoms with Gasteiger partial charge in [0.15, 0.2) is 28.9 Å². The molecule has 7 nitrogen and oxygen atoms in total. The van der Waals surface area contributed by atoms with Crippen LogP contribution in [0.25, 0.3) is 11.1 Å². The smallest absolute Gasteiger partial charge is 0.334 e. The summed E-state index contributed by atoms with van der Waals surface area (Å²) >= 11 is 0. The molecule has 4 unspecified atom stereocenters. The Labute approximate surface area is 229 Å². The Morgan fingerprint density at radius 2 is 1.50 bits per heavy atom. The second-order valence-electron chi connectivity index (χ2n) is 9.03. The predicted octanol–water partition coefficient (Wildman–Crippen LogP) is 4.51. The molecule has 0 aromatic heterocycles. The van der Waals surface area contributed by atoms with Gasteiger partial charge in [-0.1, -0.05) is 85.4 Å². The van der Waals surface area contributed by atoms with Gasteiger partial charge in [-0.25, -0.2) is 4.79 Å². The number of hydrogen-bond donors (Lipinski definition) is 1. The number of nitrogens with zero attached hydrogens (tertiary/aromatic N) is 1. The van der Waals surface area contributed by atoms with Crippen molar-refractivity contribution in [2.24, 2.45) is 0 Å². The molecule has 1 N–H and O–H groups in total. The predicted molar refractivity (Wildman–Crippen MR) is 147 cm³/mol. The summed E-state index contributed by atoms with van der Waals surface area (Å²) in [6, 6.07) is 24.5. The number of halogens is 1. The third-order valence-corrected chi connectivity index (χ3v) is 7.57. The number of amides is 2. The van der Waals surface area contributed by atoms with Crippen molar-refractivity contribution >= 4 is 38.9 Å². The molecule has 1 saturated heterocycles. The molecule has 0 bridgehead atoms. The number of esters is 1. The number of ether oxygens (including phenoxy) is 1. The molecule has 2 aromatic carbocycles. The van der Waals surface area contributed by atoms with Crippen LogP contribution in [0.2, 0.25) is 0 Å². The molecule has 2 aromatic rings. The van der Waals surface area contributed by atoms with Gasteiger partial charge in [0.2, 0.25) is 11.3 Å². The van der Waals surface area contributed by atoms with Crippen LogP contribution in [0.15, 0.2) is 97.1 Å². The van der Waals surface area contributed by atoms with Crippen LogP contribution < -0.4 is 5.32 Å². The fourth-order valence-corrected chi connectivity index (χ4v) is 5.67. The first-order valence-corrected chi connectivity index (χ1v) is 13.9. The Morgan fingerprint density at radius 3 is 1.87 bits per heavy atom. The van der Waals surface area contributed by atoms with E-state index in [9.17, 15) is 18.9 Å². The van der Waals surface area contributed by atoms with E-state index in [0.29, 0.717) is 5.57 Å². The number of carbonyl (C=O) groups excluding carboxylic acids is 3. The van der Waals surface area contributed by atoms with Crippen molar-refractivity contribution in [2.45, 2.75) is 37.4 Å². The van der Waals surface area contributed by atoms with E-state index in [1.54, 1.807) is 6.92 Å². The second-order valence-corrected chi connectivity index (χ2v) is 10.9. The molecule has 5 rings (SSSR count). The maximum atomic E-state index is 13.3. The number of carbonyl (C=O) groups is 3. The topological polar surface area (TPSA) is 98.8 Å². The highest BCUT2D eigenvalue weighted by molar-refractivity contribution is 8.14. The zero-order valence-electron chi connectivity index (χ0n) is 20.9. The molecule has 1 aliphatic heterocycles. The fourth-order valence-electron chi connectivity index (χ4n) is 4.30. The number of benzene rings is 3. The lowest BCUT2D eigenvalue weighted by Crippen LogP contribution is -2.75. The van der Waals surface area contributed by atoms with Crippen molar-refractivity contribution in [3.63, 3.8) is 0 Å². The summed E-state index contributed by atoms with van der Waals surface area (Å²) in [5, 5.41) is 1.34. The lowest BCUT2D eigenvalue weighted by atomic mass is 9.98. The van der Waals surface area contributed by atoms with Gasteiger partial charge in [0.05, 0.1) is 10.4 Å². The number of hydrogen-bond acceptors (Lipinski definition) is 5. The van der Waals surface area contributed by atoms with Gasteiger partial charge in [-0.3, -0.25) is 14.5 Å². The van der Waals surface area contributed by atoms with Gasteiger partial charge < -0.3 is 14.6 Å². The van der Waals surface area contributed by atoms with Crippen LogP contribution in [-0.4, -0.2) is 44.7 Å². The van der Waals surface area contributed by atoms with Crippen LogP contribution >= 0.6 is 10.7 Å². The van der Waals surface area contributed by atoms with Gasteiger partial charge in [-0.15, -0.1) is 0 Å². The van der Waals surface area contributed by atoms with Crippen LogP contribution in [0.1, 0.15) is 31.1 Å². The lowest BCUT2D eigenvalue weighted by Gasteiger charge is -2.47. The first kappa shape index (κ1) is 27.4. The van der Waals surface area contributed by atoms with E-state index in [1.165, 1.54) is 18.1 Å². The third kappa shape index (κ3) is 6.10. The van der Waals surface area contributed by atoms with Crippen molar-refractivity contribution in [3.8, 4) is 11.1 Å². The van der Waals surface area contributed by atoms with E-state index < -0.39 is 51.7 Å². The highest BCUT2D eigenvalue weighted by Gasteiger charge is 2.60. The monoisotopic (exact) mass is 550 g/mol. The van der Waals surface area contributed by atoms with Crippen molar-refractivity contribution < 1.29 is 23.7 Å². The minimum absolute atomic E-state index is 0.316. The minimum Gasteiger partial charge on any atom is -0.597 e. The average molecular weight is 551 g/mol. The Bertz CT molecular complexity index is 1280. The van der Waals surface area contributed by atoms with Gasteiger partial charge in [-0.05, 0) is 40.8 Å². The summed E-state index contributed by atoms with van der Waals surface area (Å²) < 4.78 is 18.0. The largest absolute Gasteiger partial charge is 0.597 e. The normalized spacial score (nSPS) is 18.3. The van der Waals surface area contributed by atoms with Crippen LogP contribution in [0.3, 0.4) is 0 Å². The standard InChI is InChI=1S/C23H23ClN2O5S.C6H4/c1-14(2)19(26-21(28)18(25-15(3)27)22(26)32(24)30)23(29)31-20(16-10-6-4-7-11-16)17-12-8-5-9-13-17;1-2-5-4-6(5)3-1/h4-13,18-20,22H,1H2,2-3H3,(H,25,27);1-4H. The Kier molecular flexibility index (Phi) is 8.56. The molecule has 0 saturated carbocycles. The molecule has 4 atom stereocenters. The Morgan fingerprint density at radius 1 is 0.974 bits per heavy atom. The maximum absolute atomic E-state index is 13.3. The quantitative estimate of drug-likeness (QED) is 0.151. The summed E-state index contributed by atoms with van der Waals surface area (Å²) in [5.41, 5.74) is 4.66. The lowest BCUT2D eigenvalue weighted by molar-refractivity contribution is -0.165. The van der Waals surface area contributed by atoms with Crippen molar-refractivity contribution in [2.75, 3.05) is 0 Å². The van der Waals surface area contributed by atoms with Gasteiger partial charge in [-0.2, -0.15) is 0 Å². The molecule has 196 valence electrons. The SMILES string of the molecule is C=C(C)C(C(=O)OC(c1ccccc1)c1ccccc1)N1C(=O)C(NC(C)=O)C1[S+]([O-])Cl.c1cc2cc-2c1. The van der Waals surface area contributed by atoms with Crippen LogP contribution in [0.4, 0.5) is 0 Å². The number of nitrogens with one attached hydrogen (secondary N) is 1. The second kappa shape index (κ2) is 11.9. The van der Waals surface area contributed by atoms with Gasteiger partial charge in [0, 0.05) is 6.92 Å². The molecule has 0 spiro atoms. The van der Waals surface area contributed by atoms with E-state index in [0.717, 1.165) is 16.0 Å². The van der Waals surface area contributed by atoms with E-state index in [1.807, 2.05) is 60.7 Å². The average Bonchev–Trinajstić information content (AvgIpc) is 3.50. The summed E-state index contributed by atoms with van der Waals surface area (Å²) in [7, 11) is 3.77. The summed E-state index contributed by atoms with van der Waals surface area (Å²) in [6.07, 6.45) is -0.728. The zero-order valence-corrected chi connectivity index (χ0v) is 22.4.